The van der Waals surface area contributed by atoms with Gasteiger partial charge in [0.2, 0.25) is 0 Å². The summed E-state index contributed by atoms with van der Waals surface area (Å²) in [5.41, 5.74) is -0.309. The van der Waals surface area contributed by atoms with Crippen LogP contribution in [0.3, 0.4) is 0 Å². The first-order valence-electron chi connectivity index (χ1n) is 6.55. The third kappa shape index (κ3) is 3.21. The SMILES string of the molecule is CC(O)CC1(O)CCC(C(C)(C)C)CC1C. The van der Waals surface area contributed by atoms with Crippen LogP contribution >= 0.6 is 0 Å². The Balaban J connectivity index is 2.65. The molecule has 1 aliphatic carbocycles. The van der Waals surface area contributed by atoms with Gasteiger partial charge in [-0.2, -0.15) is 0 Å². The molecule has 16 heavy (non-hydrogen) atoms. The number of hydrogen-bond donors (Lipinski definition) is 2. The van der Waals surface area contributed by atoms with Crippen LogP contribution < -0.4 is 0 Å². The fourth-order valence-corrected chi connectivity index (χ4v) is 3.04. The number of aliphatic hydroxyl groups excluding tert-OH is 1. The van der Waals surface area contributed by atoms with Crippen LogP contribution in [0, 0.1) is 17.3 Å². The molecular weight excluding hydrogens is 200 g/mol. The highest BCUT2D eigenvalue weighted by atomic mass is 16.3. The summed E-state index contributed by atoms with van der Waals surface area (Å²) in [5, 5.41) is 20.0. The Bertz CT molecular complexity index is 229. The molecule has 1 fully saturated rings. The van der Waals surface area contributed by atoms with Crippen molar-refractivity contribution in [1.82, 2.24) is 0 Å². The Morgan fingerprint density at radius 3 is 2.31 bits per heavy atom. The molecular formula is C14H28O2. The van der Waals surface area contributed by atoms with Crippen LogP contribution in [0.1, 0.15) is 60.3 Å². The van der Waals surface area contributed by atoms with Crippen molar-refractivity contribution in [2.75, 3.05) is 0 Å². The summed E-state index contributed by atoms with van der Waals surface area (Å²) < 4.78 is 0. The first-order valence-corrected chi connectivity index (χ1v) is 6.55. The normalized spacial score (nSPS) is 38.4. The summed E-state index contributed by atoms with van der Waals surface area (Å²) in [6.07, 6.45) is 3.11. The molecule has 0 aromatic carbocycles. The second-order valence-corrected chi connectivity index (χ2v) is 6.90. The second kappa shape index (κ2) is 4.66. The first kappa shape index (κ1) is 14.0. The summed E-state index contributed by atoms with van der Waals surface area (Å²) in [7, 11) is 0. The van der Waals surface area contributed by atoms with E-state index in [1.165, 1.54) is 0 Å². The van der Waals surface area contributed by atoms with Gasteiger partial charge in [-0.3, -0.25) is 0 Å². The van der Waals surface area contributed by atoms with E-state index in [2.05, 4.69) is 27.7 Å². The van der Waals surface area contributed by atoms with Crippen molar-refractivity contribution in [2.45, 2.75) is 72.0 Å². The standard InChI is InChI=1S/C14H28O2/c1-10-8-12(13(3,4)5)6-7-14(10,16)9-11(2)15/h10-12,15-16H,6-9H2,1-5H3. The summed E-state index contributed by atoms with van der Waals surface area (Å²) in [6, 6.07) is 0. The van der Waals surface area contributed by atoms with E-state index >= 15 is 0 Å². The topological polar surface area (TPSA) is 40.5 Å². The van der Waals surface area contributed by atoms with Gasteiger partial charge in [0.15, 0.2) is 0 Å². The minimum absolute atomic E-state index is 0.292. The van der Waals surface area contributed by atoms with Crippen LogP contribution in [0.5, 0.6) is 0 Å². The molecule has 2 heteroatoms. The molecule has 4 unspecified atom stereocenters. The molecule has 96 valence electrons. The highest BCUT2D eigenvalue weighted by molar-refractivity contribution is 4.94. The fourth-order valence-electron chi connectivity index (χ4n) is 3.04. The zero-order valence-electron chi connectivity index (χ0n) is 11.5. The lowest BCUT2D eigenvalue weighted by molar-refractivity contribution is -0.0926. The summed E-state index contributed by atoms with van der Waals surface area (Å²) in [4.78, 5) is 0. The van der Waals surface area contributed by atoms with Gasteiger partial charge in [0, 0.05) is 6.42 Å². The molecule has 4 atom stereocenters. The highest BCUT2D eigenvalue weighted by Crippen LogP contribution is 2.45. The average Bonchev–Trinajstić information content (AvgIpc) is 2.06. The van der Waals surface area contributed by atoms with Crippen molar-refractivity contribution in [3.8, 4) is 0 Å². The first-order chi connectivity index (χ1) is 7.15. The van der Waals surface area contributed by atoms with E-state index in [1.54, 1.807) is 6.92 Å². The molecule has 0 spiro atoms. The van der Waals surface area contributed by atoms with Crippen molar-refractivity contribution >= 4 is 0 Å². The molecule has 1 aliphatic rings. The lowest BCUT2D eigenvalue weighted by atomic mass is 9.63. The lowest BCUT2D eigenvalue weighted by Gasteiger charge is -2.46. The molecule has 0 aromatic rings. The van der Waals surface area contributed by atoms with Gasteiger partial charge in [-0.1, -0.05) is 27.7 Å². The molecule has 0 bridgehead atoms. The number of rotatable bonds is 2. The Labute approximate surface area is 100 Å². The van der Waals surface area contributed by atoms with Crippen LogP contribution in [0.4, 0.5) is 0 Å². The van der Waals surface area contributed by atoms with Gasteiger partial charge in [-0.25, -0.2) is 0 Å². The monoisotopic (exact) mass is 228 g/mol. The van der Waals surface area contributed by atoms with Crippen LogP contribution in [0.25, 0.3) is 0 Å². The molecule has 2 nitrogen and oxygen atoms in total. The summed E-state index contributed by atoms with van der Waals surface area (Å²) in [6.45, 7) is 10.7. The highest BCUT2D eigenvalue weighted by Gasteiger charge is 2.42. The van der Waals surface area contributed by atoms with E-state index in [9.17, 15) is 10.2 Å². The molecule has 0 radical (unpaired) electrons. The predicted octanol–water partition coefficient (Wildman–Crippen LogP) is 2.97. The minimum atomic E-state index is -0.643. The van der Waals surface area contributed by atoms with Crippen molar-refractivity contribution in [3.63, 3.8) is 0 Å². The molecule has 0 heterocycles. The quantitative estimate of drug-likeness (QED) is 0.763. The predicted molar refractivity (Wildman–Crippen MR) is 67.2 cm³/mol. The van der Waals surface area contributed by atoms with Gasteiger partial charge >= 0.3 is 0 Å². The van der Waals surface area contributed by atoms with E-state index < -0.39 is 11.7 Å². The smallest absolute Gasteiger partial charge is 0.0697 e. The molecule has 0 aliphatic heterocycles. The Kier molecular flexibility index (Phi) is 4.07. The van der Waals surface area contributed by atoms with Gasteiger partial charge in [0.25, 0.3) is 0 Å². The second-order valence-electron chi connectivity index (χ2n) is 6.90. The van der Waals surface area contributed by atoms with E-state index in [0.717, 1.165) is 19.3 Å². The van der Waals surface area contributed by atoms with Gasteiger partial charge in [0.05, 0.1) is 11.7 Å². The van der Waals surface area contributed by atoms with Crippen LogP contribution in [-0.2, 0) is 0 Å². The van der Waals surface area contributed by atoms with Crippen molar-refractivity contribution in [1.29, 1.82) is 0 Å². The maximum Gasteiger partial charge on any atom is 0.0697 e. The third-order valence-corrected chi connectivity index (χ3v) is 4.35. The zero-order chi connectivity index (χ0) is 12.6. The van der Waals surface area contributed by atoms with E-state index in [1.807, 2.05) is 0 Å². The van der Waals surface area contributed by atoms with Crippen molar-refractivity contribution < 1.29 is 10.2 Å². The zero-order valence-corrected chi connectivity index (χ0v) is 11.5. The molecule has 0 saturated heterocycles. The fraction of sp³-hybridized carbons (Fsp3) is 1.00. The van der Waals surface area contributed by atoms with Crippen LogP contribution in [-0.4, -0.2) is 21.9 Å². The van der Waals surface area contributed by atoms with Crippen molar-refractivity contribution in [2.24, 2.45) is 17.3 Å². The van der Waals surface area contributed by atoms with E-state index in [-0.39, 0.29) is 0 Å². The average molecular weight is 228 g/mol. The van der Waals surface area contributed by atoms with Crippen LogP contribution in [0.15, 0.2) is 0 Å². The Morgan fingerprint density at radius 2 is 1.94 bits per heavy atom. The van der Waals surface area contributed by atoms with Crippen molar-refractivity contribution in [3.05, 3.63) is 0 Å². The van der Waals surface area contributed by atoms with E-state index in [4.69, 9.17) is 0 Å². The molecule has 0 amide bonds. The molecule has 1 rings (SSSR count). The third-order valence-electron chi connectivity index (χ3n) is 4.35. The molecule has 1 saturated carbocycles. The number of aliphatic hydroxyl groups is 2. The Morgan fingerprint density at radius 1 is 1.38 bits per heavy atom. The summed E-state index contributed by atoms with van der Waals surface area (Å²) in [5.74, 6) is 0.983. The molecule has 2 N–H and O–H groups in total. The molecule has 0 aromatic heterocycles. The maximum atomic E-state index is 10.5. The lowest BCUT2D eigenvalue weighted by Crippen LogP contribution is -2.45. The van der Waals surface area contributed by atoms with Gasteiger partial charge in [-0.15, -0.1) is 0 Å². The number of hydrogen-bond acceptors (Lipinski definition) is 2. The van der Waals surface area contributed by atoms with E-state index in [0.29, 0.717) is 23.7 Å². The maximum absolute atomic E-state index is 10.5. The van der Waals surface area contributed by atoms with Gasteiger partial charge < -0.3 is 10.2 Å². The largest absolute Gasteiger partial charge is 0.393 e. The van der Waals surface area contributed by atoms with Gasteiger partial charge in [-0.05, 0) is 43.4 Å². The Hall–Kier alpha value is -0.0800. The van der Waals surface area contributed by atoms with Gasteiger partial charge in [0.1, 0.15) is 0 Å². The minimum Gasteiger partial charge on any atom is -0.393 e. The summed E-state index contributed by atoms with van der Waals surface area (Å²) >= 11 is 0. The van der Waals surface area contributed by atoms with Crippen LogP contribution in [0.2, 0.25) is 0 Å².